The van der Waals surface area contributed by atoms with E-state index in [0.717, 1.165) is 6.54 Å². The molecule has 0 spiro atoms. The van der Waals surface area contributed by atoms with E-state index in [1.807, 2.05) is 0 Å². The van der Waals surface area contributed by atoms with Gasteiger partial charge in [-0.25, -0.2) is 0 Å². The average molecular weight is 225 g/mol. The first-order valence-corrected chi connectivity index (χ1v) is 7.11. The van der Waals surface area contributed by atoms with E-state index >= 15 is 0 Å². The Bertz CT molecular complexity index is 157. The van der Waals surface area contributed by atoms with Crippen LogP contribution in [0.3, 0.4) is 0 Å². The Hall–Kier alpha value is -0.300. The number of hydrogen-bond acceptors (Lipinski definition) is 1. The lowest BCUT2D eigenvalue weighted by atomic mass is 10.1. The fourth-order valence-electron chi connectivity index (χ4n) is 1.76. The van der Waals surface area contributed by atoms with Crippen LogP contribution in [0.4, 0.5) is 0 Å². The molecule has 0 saturated carbocycles. The third-order valence-electron chi connectivity index (χ3n) is 2.86. The minimum Gasteiger partial charge on any atom is -0.313 e. The van der Waals surface area contributed by atoms with Crippen molar-refractivity contribution in [1.82, 2.24) is 5.32 Å². The molecule has 0 aliphatic rings. The van der Waals surface area contributed by atoms with Gasteiger partial charge in [-0.15, -0.1) is 0 Å². The monoisotopic (exact) mass is 225 g/mol. The van der Waals surface area contributed by atoms with E-state index in [0.29, 0.717) is 0 Å². The molecule has 0 aromatic rings. The Morgan fingerprint density at radius 1 is 0.875 bits per heavy atom. The first-order chi connectivity index (χ1) is 7.77. The Balaban J connectivity index is 2.96. The summed E-state index contributed by atoms with van der Waals surface area (Å²) in [6, 6.07) is 0. The topological polar surface area (TPSA) is 12.0 Å². The zero-order chi connectivity index (χ0) is 12.1. The highest BCUT2D eigenvalue weighted by Gasteiger charge is 1.91. The van der Waals surface area contributed by atoms with Crippen molar-refractivity contribution in [2.45, 2.75) is 72.1 Å². The molecule has 0 rings (SSSR count). The lowest BCUT2D eigenvalue weighted by Crippen LogP contribution is -2.15. The summed E-state index contributed by atoms with van der Waals surface area (Å²) in [5.74, 6) is 0. The molecule has 0 aliphatic heterocycles. The Labute approximate surface area is 103 Å². The van der Waals surface area contributed by atoms with Crippen LogP contribution < -0.4 is 5.32 Å². The highest BCUT2D eigenvalue weighted by molar-refractivity contribution is 4.94. The molecule has 0 fully saturated rings. The second kappa shape index (κ2) is 12.8. The van der Waals surface area contributed by atoms with Crippen LogP contribution in [0.25, 0.3) is 0 Å². The zero-order valence-electron chi connectivity index (χ0n) is 11.6. The van der Waals surface area contributed by atoms with Gasteiger partial charge in [0.1, 0.15) is 0 Å². The first-order valence-electron chi connectivity index (χ1n) is 7.11. The van der Waals surface area contributed by atoms with Crippen molar-refractivity contribution in [2.75, 3.05) is 13.1 Å². The zero-order valence-corrected chi connectivity index (χ0v) is 11.6. The van der Waals surface area contributed by atoms with Crippen LogP contribution in [0.15, 0.2) is 11.6 Å². The molecular formula is C15H31N. The molecule has 1 N–H and O–H groups in total. The third-order valence-corrected chi connectivity index (χ3v) is 2.86. The SMILES string of the molecule is CCCCCCCCCCNCC=C(C)C. The highest BCUT2D eigenvalue weighted by Crippen LogP contribution is 2.07. The first kappa shape index (κ1) is 15.7. The maximum Gasteiger partial charge on any atom is 0.0137 e. The number of unbranched alkanes of at least 4 members (excludes halogenated alkanes) is 7. The van der Waals surface area contributed by atoms with Crippen molar-refractivity contribution in [2.24, 2.45) is 0 Å². The minimum atomic E-state index is 1.04. The summed E-state index contributed by atoms with van der Waals surface area (Å²) < 4.78 is 0. The molecule has 0 amide bonds. The van der Waals surface area contributed by atoms with Crippen LogP contribution in [0.1, 0.15) is 72.1 Å². The maximum absolute atomic E-state index is 3.45. The van der Waals surface area contributed by atoms with Gasteiger partial charge in [-0.05, 0) is 26.8 Å². The largest absolute Gasteiger partial charge is 0.313 e. The van der Waals surface area contributed by atoms with E-state index < -0.39 is 0 Å². The molecule has 0 heterocycles. The number of nitrogens with one attached hydrogen (secondary N) is 1. The molecule has 0 aliphatic carbocycles. The molecule has 1 nitrogen and oxygen atoms in total. The van der Waals surface area contributed by atoms with Crippen LogP contribution in [0.2, 0.25) is 0 Å². The lowest BCUT2D eigenvalue weighted by Gasteiger charge is -2.03. The third kappa shape index (κ3) is 13.7. The Kier molecular flexibility index (Phi) is 12.5. The van der Waals surface area contributed by atoms with Gasteiger partial charge in [0.15, 0.2) is 0 Å². The van der Waals surface area contributed by atoms with Crippen molar-refractivity contribution >= 4 is 0 Å². The summed E-state index contributed by atoms with van der Waals surface area (Å²) in [4.78, 5) is 0. The van der Waals surface area contributed by atoms with Gasteiger partial charge in [0, 0.05) is 6.54 Å². The van der Waals surface area contributed by atoms with Crippen LogP contribution in [0.5, 0.6) is 0 Å². The smallest absolute Gasteiger partial charge is 0.0137 e. The predicted octanol–water partition coefficient (Wildman–Crippen LogP) is 4.68. The van der Waals surface area contributed by atoms with Crippen LogP contribution >= 0.6 is 0 Å². The Morgan fingerprint density at radius 3 is 2.00 bits per heavy atom. The van der Waals surface area contributed by atoms with E-state index in [1.54, 1.807) is 0 Å². The Morgan fingerprint density at radius 2 is 1.44 bits per heavy atom. The van der Waals surface area contributed by atoms with Gasteiger partial charge < -0.3 is 5.32 Å². The second-order valence-corrected chi connectivity index (χ2v) is 4.96. The summed E-state index contributed by atoms with van der Waals surface area (Å²) in [6.07, 6.45) is 13.5. The van der Waals surface area contributed by atoms with E-state index in [9.17, 15) is 0 Å². The second-order valence-electron chi connectivity index (χ2n) is 4.96. The molecule has 0 aromatic heterocycles. The van der Waals surface area contributed by atoms with Crippen LogP contribution in [-0.4, -0.2) is 13.1 Å². The van der Waals surface area contributed by atoms with Crippen molar-refractivity contribution in [1.29, 1.82) is 0 Å². The van der Waals surface area contributed by atoms with Gasteiger partial charge in [-0.2, -0.15) is 0 Å². The molecule has 96 valence electrons. The van der Waals surface area contributed by atoms with Crippen molar-refractivity contribution < 1.29 is 0 Å². The van der Waals surface area contributed by atoms with Crippen molar-refractivity contribution in [3.05, 3.63) is 11.6 Å². The normalized spacial score (nSPS) is 10.4. The van der Waals surface area contributed by atoms with Gasteiger partial charge >= 0.3 is 0 Å². The molecule has 0 bridgehead atoms. The summed E-state index contributed by atoms with van der Waals surface area (Å²) in [5, 5.41) is 3.45. The van der Waals surface area contributed by atoms with Gasteiger partial charge in [-0.1, -0.05) is 63.5 Å². The van der Waals surface area contributed by atoms with E-state index in [-0.39, 0.29) is 0 Å². The average Bonchev–Trinajstić information content (AvgIpc) is 2.25. The van der Waals surface area contributed by atoms with E-state index in [2.05, 4.69) is 32.2 Å². The summed E-state index contributed by atoms with van der Waals surface area (Å²) in [7, 11) is 0. The van der Waals surface area contributed by atoms with E-state index in [1.165, 1.54) is 63.5 Å². The highest BCUT2D eigenvalue weighted by atomic mass is 14.8. The predicted molar refractivity (Wildman–Crippen MR) is 74.9 cm³/mol. The van der Waals surface area contributed by atoms with Gasteiger partial charge in [0.2, 0.25) is 0 Å². The molecule has 0 unspecified atom stereocenters. The van der Waals surface area contributed by atoms with Gasteiger partial charge in [0.25, 0.3) is 0 Å². The summed E-state index contributed by atoms with van der Waals surface area (Å²) in [6.45, 7) is 8.80. The summed E-state index contributed by atoms with van der Waals surface area (Å²) >= 11 is 0. The molecular weight excluding hydrogens is 194 g/mol. The molecule has 0 radical (unpaired) electrons. The number of hydrogen-bond donors (Lipinski definition) is 1. The number of allylic oxidation sites excluding steroid dienone is 1. The van der Waals surface area contributed by atoms with Crippen molar-refractivity contribution in [3.63, 3.8) is 0 Å². The quantitative estimate of drug-likeness (QED) is 0.397. The summed E-state index contributed by atoms with van der Waals surface area (Å²) in [5.41, 5.74) is 1.41. The van der Waals surface area contributed by atoms with Crippen LogP contribution in [0, 0.1) is 0 Å². The molecule has 16 heavy (non-hydrogen) atoms. The van der Waals surface area contributed by atoms with Gasteiger partial charge in [0.05, 0.1) is 0 Å². The lowest BCUT2D eigenvalue weighted by molar-refractivity contribution is 0.563. The molecule has 0 aromatic carbocycles. The minimum absolute atomic E-state index is 1.04. The number of rotatable bonds is 11. The molecule has 0 atom stereocenters. The fourth-order valence-corrected chi connectivity index (χ4v) is 1.76. The maximum atomic E-state index is 3.45. The molecule has 1 heteroatoms. The van der Waals surface area contributed by atoms with Crippen LogP contribution in [-0.2, 0) is 0 Å². The standard InChI is InChI=1S/C15H31N/c1-4-5-6-7-8-9-10-11-13-16-14-12-15(2)3/h12,16H,4-11,13-14H2,1-3H3. The molecule has 0 saturated heterocycles. The fraction of sp³-hybridized carbons (Fsp3) is 0.867. The van der Waals surface area contributed by atoms with Gasteiger partial charge in [-0.3, -0.25) is 0 Å². The van der Waals surface area contributed by atoms with E-state index in [4.69, 9.17) is 0 Å². The van der Waals surface area contributed by atoms with Crippen molar-refractivity contribution in [3.8, 4) is 0 Å².